The molecule has 109 heavy (non-hydrogen) atoms. The largest absolute Gasteiger partial charge is 0.508 e. The molecule has 5 aliphatic rings. The standard InChI is InChI=1S/C22H17NO2.4C18H15NO2/c24-20-9-7-19(8-10-20)23-13-18-6-5-17-11-15-3-1-2-4-16(15)12-21(17)22(18)25-14-23;20-16-6-3-5-15(10-16)19-11-14-9-8-13-4-1-2-7-17(13)18(14)21-12-19;20-17-8-4-7-16-15(17)10-9-13-11-19(12-21-18(13)16)14-5-2-1-3-6-14;20-15-8-6-14(7-9-15)19-11-17-16-4-2-1-3-13(16)5-10-18(17)21-12-19;20-16-9-7-15(8-10-16)19-11-14-6-5-13-3-1-2-4-17(13)18(14)21-12-19/h1-12,24H,13-14H2;4*1-10,20H,11-12H2. The first-order valence-corrected chi connectivity index (χ1v) is 36.3. The first kappa shape index (κ1) is 68.2. The lowest BCUT2D eigenvalue weighted by atomic mass is 9.99. The third-order valence-corrected chi connectivity index (χ3v) is 20.5. The Bertz CT molecular complexity index is 5990. The number of rotatable bonds is 5. The number of fused-ring (bicyclic) bond motifs is 16. The van der Waals surface area contributed by atoms with Crippen LogP contribution in [-0.4, -0.2) is 59.2 Å². The summed E-state index contributed by atoms with van der Waals surface area (Å²) in [6, 6.07) is 103. The van der Waals surface area contributed by atoms with Crippen molar-refractivity contribution in [1.82, 2.24) is 0 Å². The second kappa shape index (κ2) is 30.3. The van der Waals surface area contributed by atoms with E-state index in [1.807, 2.05) is 121 Å². The fourth-order valence-electron chi connectivity index (χ4n) is 14.9. The highest BCUT2D eigenvalue weighted by molar-refractivity contribution is 6.02. The number of nitrogens with zero attached hydrogens (tertiary/aromatic N) is 5. The van der Waals surface area contributed by atoms with Gasteiger partial charge in [-0.1, -0.05) is 188 Å². The Labute approximate surface area is 630 Å². The zero-order chi connectivity index (χ0) is 73.7. The van der Waals surface area contributed by atoms with Crippen molar-refractivity contribution >= 4 is 93.1 Å². The average Bonchev–Trinajstić information content (AvgIpc) is 0.814. The van der Waals surface area contributed by atoms with E-state index in [0.29, 0.717) is 39.4 Å². The number of aromatic hydroxyl groups is 5. The van der Waals surface area contributed by atoms with Gasteiger partial charge in [-0.2, -0.15) is 0 Å². The van der Waals surface area contributed by atoms with E-state index in [1.165, 1.54) is 70.7 Å². The number of benzene rings is 16. The average molecular weight is 1440 g/mol. The first-order chi connectivity index (χ1) is 53.5. The van der Waals surface area contributed by atoms with Crippen LogP contribution < -0.4 is 48.2 Å². The van der Waals surface area contributed by atoms with Crippen LogP contribution in [0.5, 0.6) is 57.5 Å². The van der Waals surface area contributed by atoms with E-state index in [2.05, 4.69) is 164 Å². The molecule has 0 saturated carbocycles. The predicted molar refractivity (Wildman–Crippen MR) is 436 cm³/mol. The Balaban J connectivity index is 0.0000000997. The maximum atomic E-state index is 9.94. The molecule has 0 amide bonds. The fraction of sp³-hybridized carbons (Fsp3) is 0.106. The van der Waals surface area contributed by atoms with Gasteiger partial charge in [0.2, 0.25) is 0 Å². The molecule has 0 atom stereocenters. The number of phenolic OH excluding ortho intramolecular Hbond substituents is 5. The third-order valence-electron chi connectivity index (χ3n) is 20.5. The molecule has 0 radical (unpaired) electrons. The molecular formula is C94H77N5O10. The molecule has 0 spiro atoms. The van der Waals surface area contributed by atoms with Crippen LogP contribution >= 0.6 is 0 Å². The molecule has 5 heterocycles. The minimum absolute atomic E-state index is 0.275. The lowest BCUT2D eigenvalue weighted by Crippen LogP contribution is -2.31. The molecule has 16 aromatic carbocycles. The zero-order valence-corrected chi connectivity index (χ0v) is 59.6. The van der Waals surface area contributed by atoms with E-state index in [1.54, 1.807) is 54.6 Å². The van der Waals surface area contributed by atoms with Gasteiger partial charge in [0.05, 0.1) is 6.54 Å². The highest BCUT2D eigenvalue weighted by Crippen LogP contribution is 2.43. The quantitative estimate of drug-likeness (QED) is 0.103. The number of anilines is 5. The SMILES string of the molecule is Oc1ccc(N2COc3c(ccc4cc5ccccc5cc34)C2)cc1.Oc1ccc(N2COc3c(ccc4ccccc34)C2)cc1.Oc1ccc(N2COc3ccc4ccccc4c3C2)cc1.Oc1cccc(N2COc3c(ccc4ccccc34)C2)c1.Oc1cccc2c3c(ccc12)CN(c1ccccc1)CO3. The van der Waals surface area contributed by atoms with E-state index in [-0.39, 0.29) is 23.0 Å². The van der Waals surface area contributed by atoms with Gasteiger partial charge < -0.3 is 73.7 Å². The lowest BCUT2D eigenvalue weighted by Gasteiger charge is -2.31. The van der Waals surface area contributed by atoms with Gasteiger partial charge in [-0.05, 0) is 159 Å². The molecule has 538 valence electrons. The topological polar surface area (TPSA) is 164 Å². The van der Waals surface area contributed by atoms with E-state index < -0.39 is 0 Å². The summed E-state index contributed by atoms with van der Waals surface area (Å²) in [5.41, 5.74) is 11.2. The maximum absolute atomic E-state index is 9.94. The summed E-state index contributed by atoms with van der Waals surface area (Å²) in [5.74, 6) is 6.21. The number of hydrogen-bond donors (Lipinski definition) is 5. The van der Waals surface area contributed by atoms with Crippen LogP contribution in [0.4, 0.5) is 28.4 Å². The number of hydrogen-bond acceptors (Lipinski definition) is 15. The Hall–Kier alpha value is -13.9. The van der Waals surface area contributed by atoms with Gasteiger partial charge in [0.1, 0.15) is 57.5 Å². The smallest absolute Gasteiger partial charge is 0.161 e. The number of para-hydroxylation sites is 1. The molecule has 0 fully saturated rings. The minimum atomic E-state index is 0.275. The molecule has 21 rings (SSSR count). The van der Waals surface area contributed by atoms with E-state index in [9.17, 15) is 25.5 Å². The van der Waals surface area contributed by atoms with Crippen LogP contribution in [0.15, 0.2) is 315 Å². The maximum Gasteiger partial charge on any atom is 0.161 e. The van der Waals surface area contributed by atoms with Crippen molar-refractivity contribution in [1.29, 1.82) is 0 Å². The molecule has 0 unspecified atom stereocenters. The summed E-state index contributed by atoms with van der Waals surface area (Å²) < 4.78 is 30.0. The van der Waals surface area contributed by atoms with Crippen molar-refractivity contribution in [3.63, 3.8) is 0 Å². The van der Waals surface area contributed by atoms with Gasteiger partial charge in [0, 0.05) is 115 Å². The molecule has 0 bridgehead atoms. The van der Waals surface area contributed by atoms with Crippen LogP contribution in [-0.2, 0) is 32.7 Å². The van der Waals surface area contributed by atoms with E-state index >= 15 is 0 Å². The van der Waals surface area contributed by atoms with Gasteiger partial charge >= 0.3 is 0 Å². The van der Waals surface area contributed by atoms with Gasteiger partial charge in [-0.3, -0.25) is 0 Å². The number of ether oxygens (including phenoxy) is 5. The Morgan fingerprint density at radius 2 is 0.578 bits per heavy atom. The van der Waals surface area contributed by atoms with Crippen LogP contribution in [0, 0.1) is 0 Å². The monoisotopic (exact) mass is 1440 g/mol. The Kier molecular flexibility index (Phi) is 18.9. The van der Waals surface area contributed by atoms with Crippen LogP contribution in [0.3, 0.4) is 0 Å². The molecule has 0 aliphatic carbocycles. The molecular weight excluding hydrogens is 1360 g/mol. The van der Waals surface area contributed by atoms with Crippen molar-refractivity contribution in [2.75, 3.05) is 58.2 Å². The molecule has 15 nitrogen and oxygen atoms in total. The Morgan fingerprint density at radius 1 is 0.211 bits per heavy atom. The van der Waals surface area contributed by atoms with Crippen LogP contribution in [0.1, 0.15) is 27.8 Å². The van der Waals surface area contributed by atoms with Crippen LogP contribution in [0.2, 0.25) is 0 Å². The highest BCUT2D eigenvalue weighted by Gasteiger charge is 2.26. The summed E-state index contributed by atoms with van der Waals surface area (Å²) in [4.78, 5) is 10.8. The number of phenols is 5. The Morgan fingerprint density at radius 3 is 1.10 bits per heavy atom. The van der Waals surface area contributed by atoms with Crippen molar-refractivity contribution in [3.05, 3.63) is 343 Å². The molecule has 15 heteroatoms. The summed E-state index contributed by atoms with van der Waals surface area (Å²) in [5, 5.41) is 61.7. The predicted octanol–water partition coefficient (Wildman–Crippen LogP) is 20.7. The van der Waals surface area contributed by atoms with Gasteiger partial charge in [-0.15, -0.1) is 0 Å². The minimum Gasteiger partial charge on any atom is -0.508 e. The van der Waals surface area contributed by atoms with Crippen molar-refractivity contribution < 1.29 is 49.2 Å². The molecule has 5 N–H and O–H groups in total. The highest BCUT2D eigenvalue weighted by atomic mass is 16.5. The summed E-state index contributed by atoms with van der Waals surface area (Å²) in [7, 11) is 0. The second-order valence-electron chi connectivity index (χ2n) is 27.5. The summed E-state index contributed by atoms with van der Waals surface area (Å²) in [6.45, 7) is 6.56. The summed E-state index contributed by atoms with van der Waals surface area (Å²) in [6.07, 6.45) is 0. The van der Waals surface area contributed by atoms with Gasteiger partial charge in [0.25, 0.3) is 0 Å². The molecule has 16 aromatic rings. The van der Waals surface area contributed by atoms with Gasteiger partial charge in [0.15, 0.2) is 33.7 Å². The third kappa shape index (κ3) is 14.6. The zero-order valence-electron chi connectivity index (χ0n) is 59.6. The van der Waals surface area contributed by atoms with Gasteiger partial charge in [-0.25, -0.2) is 0 Å². The van der Waals surface area contributed by atoms with Crippen molar-refractivity contribution in [2.45, 2.75) is 32.7 Å². The second-order valence-corrected chi connectivity index (χ2v) is 27.5. The van der Waals surface area contributed by atoms with E-state index in [0.717, 1.165) is 112 Å². The normalized spacial score (nSPS) is 13.8. The van der Waals surface area contributed by atoms with Crippen LogP contribution in [0.25, 0.3) is 64.6 Å². The van der Waals surface area contributed by atoms with Crippen molar-refractivity contribution in [2.24, 2.45) is 0 Å². The fourth-order valence-corrected chi connectivity index (χ4v) is 14.9. The lowest BCUT2D eigenvalue weighted by molar-refractivity contribution is 0.290. The summed E-state index contributed by atoms with van der Waals surface area (Å²) >= 11 is 0. The van der Waals surface area contributed by atoms with E-state index in [4.69, 9.17) is 23.7 Å². The van der Waals surface area contributed by atoms with Crippen molar-refractivity contribution in [3.8, 4) is 57.5 Å². The first-order valence-electron chi connectivity index (χ1n) is 36.3. The molecule has 0 saturated heterocycles. The molecule has 5 aliphatic heterocycles. The molecule has 0 aromatic heterocycles.